The van der Waals surface area contributed by atoms with Crippen molar-refractivity contribution >= 4 is 44.8 Å². The van der Waals surface area contributed by atoms with Crippen LogP contribution in [0.25, 0.3) is 21.6 Å². The smallest absolute Gasteiger partial charge is 0.323 e. The molecule has 2 heterocycles. The summed E-state index contributed by atoms with van der Waals surface area (Å²) in [6, 6.07) is 14.8. The third-order valence-corrected chi connectivity index (χ3v) is 6.57. The zero-order valence-corrected chi connectivity index (χ0v) is 20.7. The number of benzene rings is 2. The van der Waals surface area contributed by atoms with E-state index < -0.39 is 11.8 Å². The topological polar surface area (TPSA) is 82.2 Å². The summed E-state index contributed by atoms with van der Waals surface area (Å²) in [6.07, 6.45) is 1.03. The van der Waals surface area contributed by atoms with Gasteiger partial charge in [0.2, 0.25) is 0 Å². The summed E-state index contributed by atoms with van der Waals surface area (Å²) < 4.78 is 14.8. The van der Waals surface area contributed by atoms with Gasteiger partial charge in [-0.25, -0.2) is 19.2 Å². The standard InChI is InChI=1S/C26H29FN6OS/c1-3-33(4-2)16-7-15-28-25-23-22(14-17-35-23)30-24(32-25)18-10-12-19(13-11-18)29-26(34)31-21-9-6-5-8-20(21)27/h5-6,8-14,17H,3-4,7,15-16H2,1-2H3,(H,28,30,32)(H2,29,31,34). The Hall–Kier alpha value is -3.56. The molecule has 0 unspecified atom stereocenters. The number of anilines is 3. The van der Waals surface area contributed by atoms with Crippen LogP contribution >= 0.6 is 11.3 Å². The minimum absolute atomic E-state index is 0.121. The summed E-state index contributed by atoms with van der Waals surface area (Å²) in [4.78, 5) is 24.1. The number of hydrogen-bond donors (Lipinski definition) is 3. The number of nitrogens with one attached hydrogen (secondary N) is 3. The number of nitrogens with zero attached hydrogens (tertiary/aromatic N) is 3. The van der Waals surface area contributed by atoms with Gasteiger partial charge < -0.3 is 20.9 Å². The van der Waals surface area contributed by atoms with E-state index in [1.807, 2.05) is 23.6 Å². The van der Waals surface area contributed by atoms with Crippen molar-refractivity contribution in [1.82, 2.24) is 14.9 Å². The average Bonchev–Trinajstić information content (AvgIpc) is 3.35. The van der Waals surface area contributed by atoms with Crippen LogP contribution in [-0.4, -0.2) is 47.1 Å². The second-order valence-electron chi connectivity index (χ2n) is 7.97. The van der Waals surface area contributed by atoms with Crippen molar-refractivity contribution in [2.45, 2.75) is 20.3 Å². The molecule has 0 radical (unpaired) electrons. The van der Waals surface area contributed by atoms with Gasteiger partial charge in [-0.2, -0.15) is 0 Å². The van der Waals surface area contributed by atoms with Gasteiger partial charge in [-0.1, -0.05) is 26.0 Å². The lowest BCUT2D eigenvalue weighted by Gasteiger charge is -2.18. The van der Waals surface area contributed by atoms with E-state index in [0.29, 0.717) is 11.5 Å². The van der Waals surface area contributed by atoms with Crippen LogP contribution in [0.1, 0.15) is 20.3 Å². The number of carbonyl (C=O) groups excluding carboxylic acids is 1. The van der Waals surface area contributed by atoms with E-state index in [0.717, 1.165) is 54.2 Å². The number of carbonyl (C=O) groups is 1. The zero-order chi connectivity index (χ0) is 24.6. The molecule has 0 atom stereocenters. The molecule has 0 spiro atoms. The van der Waals surface area contributed by atoms with Gasteiger partial charge in [0.15, 0.2) is 5.82 Å². The number of hydrogen-bond acceptors (Lipinski definition) is 6. The zero-order valence-electron chi connectivity index (χ0n) is 19.8. The van der Waals surface area contributed by atoms with Crippen LogP contribution in [0.2, 0.25) is 0 Å². The van der Waals surface area contributed by atoms with Gasteiger partial charge in [0.25, 0.3) is 0 Å². The Labute approximate surface area is 208 Å². The predicted octanol–water partition coefficient (Wildman–Crippen LogP) is 6.29. The third-order valence-electron chi connectivity index (χ3n) is 5.66. The highest BCUT2D eigenvalue weighted by molar-refractivity contribution is 7.17. The van der Waals surface area contributed by atoms with E-state index in [-0.39, 0.29) is 5.69 Å². The van der Waals surface area contributed by atoms with Gasteiger partial charge in [0.1, 0.15) is 11.6 Å². The molecule has 4 rings (SSSR count). The fourth-order valence-corrected chi connectivity index (χ4v) is 4.51. The van der Waals surface area contributed by atoms with Crippen molar-refractivity contribution in [3.63, 3.8) is 0 Å². The number of para-hydroxylation sites is 1. The molecule has 2 aromatic carbocycles. The fourth-order valence-electron chi connectivity index (χ4n) is 3.71. The van der Waals surface area contributed by atoms with Crippen LogP contribution < -0.4 is 16.0 Å². The number of urea groups is 1. The summed E-state index contributed by atoms with van der Waals surface area (Å²) in [5.41, 5.74) is 2.44. The SMILES string of the molecule is CCN(CC)CCCNc1nc(-c2ccc(NC(=O)Nc3ccccc3F)cc2)nc2ccsc12. The average molecular weight is 493 g/mol. The largest absolute Gasteiger partial charge is 0.369 e. The highest BCUT2D eigenvalue weighted by Gasteiger charge is 2.12. The molecular weight excluding hydrogens is 463 g/mol. The molecule has 35 heavy (non-hydrogen) atoms. The molecule has 0 saturated heterocycles. The van der Waals surface area contributed by atoms with E-state index in [9.17, 15) is 9.18 Å². The molecule has 7 nitrogen and oxygen atoms in total. The Morgan fingerprint density at radius 3 is 2.51 bits per heavy atom. The molecule has 0 aliphatic rings. The quantitative estimate of drug-likeness (QED) is 0.227. The lowest BCUT2D eigenvalue weighted by Crippen LogP contribution is -2.25. The van der Waals surface area contributed by atoms with Crippen LogP contribution in [0, 0.1) is 5.82 Å². The first kappa shape index (κ1) is 24.6. The first-order valence-corrected chi connectivity index (χ1v) is 12.6. The van der Waals surface area contributed by atoms with Gasteiger partial charge in [-0.3, -0.25) is 0 Å². The highest BCUT2D eigenvalue weighted by atomic mass is 32.1. The van der Waals surface area contributed by atoms with Crippen LogP contribution in [0.15, 0.2) is 60.0 Å². The Bertz CT molecular complexity index is 1270. The van der Waals surface area contributed by atoms with Gasteiger partial charge in [0, 0.05) is 17.8 Å². The lowest BCUT2D eigenvalue weighted by atomic mass is 10.2. The van der Waals surface area contributed by atoms with Crippen molar-refractivity contribution in [2.24, 2.45) is 0 Å². The van der Waals surface area contributed by atoms with E-state index in [1.54, 1.807) is 35.6 Å². The van der Waals surface area contributed by atoms with Gasteiger partial charge in [0.05, 0.1) is 15.9 Å². The Kier molecular flexibility index (Phi) is 8.23. The summed E-state index contributed by atoms with van der Waals surface area (Å²) in [7, 11) is 0. The fraction of sp³-hybridized carbons (Fsp3) is 0.269. The van der Waals surface area contributed by atoms with Crippen molar-refractivity contribution < 1.29 is 9.18 Å². The predicted molar refractivity (Wildman–Crippen MR) is 143 cm³/mol. The maximum Gasteiger partial charge on any atom is 0.323 e. The molecule has 0 aliphatic carbocycles. The van der Waals surface area contributed by atoms with Crippen LogP contribution in [-0.2, 0) is 0 Å². The first-order chi connectivity index (χ1) is 17.1. The van der Waals surface area contributed by atoms with E-state index >= 15 is 0 Å². The molecule has 9 heteroatoms. The van der Waals surface area contributed by atoms with Crippen molar-refractivity contribution in [2.75, 3.05) is 42.1 Å². The van der Waals surface area contributed by atoms with Crippen LogP contribution in [0.4, 0.5) is 26.4 Å². The molecular formula is C26H29FN6OS. The maximum atomic E-state index is 13.8. The molecule has 0 aliphatic heterocycles. The molecule has 0 fully saturated rings. The van der Waals surface area contributed by atoms with Crippen molar-refractivity contribution in [1.29, 1.82) is 0 Å². The first-order valence-electron chi connectivity index (χ1n) is 11.7. The highest BCUT2D eigenvalue weighted by Crippen LogP contribution is 2.29. The normalized spacial score (nSPS) is 11.1. The van der Waals surface area contributed by atoms with Crippen molar-refractivity contribution in [3.05, 3.63) is 65.8 Å². The Morgan fingerprint density at radius 1 is 1.00 bits per heavy atom. The number of halogens is 1. The van der Waals surface area contributed by atoms with Gasteiger partial charge in [-0.15, -0.1) is 11.3 Å². The molecule has 4 aromatic rings. The maximum absolute atomic E-state index is 13.8. The van der Waals surface area contributed by atoms with E-state index in [1.165, 1.54) is 12.1 Å². The van der Waals surface area contributed by atoms with Gasteiger partial charge in [-0.05, 0) is 73.9 Å². The molecule has 0 bridgehead atoms. The summed E-state index contributed by atoms with van der Waals surface area (Å²) in [5.74, 6) is 0.965. The monoisotopic (exact) mass is 492 g/mol. The molecule has 3 N–H and O–H groups in total. The van der Waals surface area contributed by atoms with E-state index in [4.69, 9.17) is 9.97 Å². The second-order valence-corrected chi connectivity index (χ2v) is 8.89. The molecule has 2 amide bonds. The Balaban J connectivity index is 1.43. The number of amides is 2. The van der Waals surface area contributed by atoms with E-state index in [2.05, 4.69) is 34.7 Å². The number of rotatable bonds is 10. The minimum Gasteiger partial charge on any atom is -0.369 e. The number of aromatic nitrogens is 2. The molecule has 2 aromatic heterocycles. The number of thiophene rings is 1. The summed E-state index contributed by atoms with van der Waals surface area (Å²) in [5, 5.41) is 10.7. The van der Waals surface area contributed by atoms with Crippen molar-refractivity contribution in [3.8, 4) is 11.4 Å². The third kappa shape index (κ3) is 6.32. The summed E-state index contributed by atoms with van der Waals surface area (Å²) >= 11 is 1.62. The number of fused-ring (bicyclic) bond motifs is 1. The molecule has 182 valence electrons. The molecule has 0 saturated carbocycles. The second kappa shape index (κ2) is 11.7. The Morgan fingerprint density at radius 2 is 1.77 bits per heavy atom. The van der Waals surface area contributed by atoms with Crippen LogP contribution in [0.5, 0.6) is 0 Å². The lowest BCUT2D eigenvalue weighted by molar-refractivity contribution is 0.262. The summed E-state index contributed by atoms with van der Waals surface area (Å²) in [6.45, 7) is 8.35. The van der Waals surface area contributed by atoms with Crippen LogP contribution in [0.3, 0.4) is 0 Å². The minimum atomic E-state index is -0.519. The van der Waals surface area contributed by atoms with Gasteiger partial charge >= 0.3 is 6.03 Å².